The molecule has 0 unspecified atom stereocenters. The van der Waals surface area contributed by atoms with Crippen LogP contribution in [0.3, 0.4) is 0 Å². The van der Waals surface area contributed by atoms with Crippen LogP contribution in [0.5, 0.6) is 5.75 Å². The van der Waals surface area contributed by atoms with Crippen molar-refractivity contribution in [1.82, 2.24) is 4.90 Å². The number of carbonyl (C=O) groups excluding carboxylic acids is 2. The van der Waals surface area contributed by atoms with Gasteiger partial charge in [0.1, 0.15) is 5.75 Å². The lowest BCUT2D eigenvalue weighted by molar-refractivity contribution is -0.158. The Balaban J connectivity index is 1.88. The van der Waals surface area contributed by atoms with Crippen LogP contribution in [0.15, 0.2) is 54.6 Å². The van der Waals surface area contributed by atoms with E-state index >= 15 is 0 Å². The monoisotopic (exact) mass is 380 g/mol. The highest BCUT2D eigenvalue weighted by atomic mass is 16.6. The second kappa shape index (κ2) is 10.1. The molecule has 0 fully saturated rings. The molecule has 0 spiro atoms. The number of amides is 1. The third-order valence-electron chi connectivity index (χ3n) is 4.11. The van der Waals surface area contributed by atoms with Crippen molar-refractivity contribution in [2.45, 2.75) is 39.5 Å². The van der Waals surface area contributed by atoms with E-state index in [9.17, 15) is 9.59 Å². The number of hydrogen-bond acceptors (Lipinski definition) is 5. The van der Waals surface area contributed by atoms with Gasteiger partial charge >= 0.3 is 5.97 Å². The molecule has 146 valence electrons. The Hall–Kier alpha value is -3.33. The van der Waals surface area contributed by atoms with Gasteiger partial charge in [0.15, 0.2) is 12.7 Å². The standard InChI is InChI=1S/C22H24N2O4/c1-16(2)24(14-19-7-5-4-6-8-19)21(25)15-27-22(26)17(3)28-20-11-9-18(13-23)10-12-20/h4-12,16-17H,14-15H2,1-3H3/t17-/m1/s1. The predicted molar refractivity (Wildman–Crippen MR) is 104 cm³/mol. The lowest BCUT2D eigenvalue weighted by Gasteiger charge is -2.27. The molecule has 0 aromatic heterocycles. The highest BCUT2D eigenvalue weighted by Crippen LogP contribution is 2.14. The Bertz CT molecular complexity index is 826. The summed E-state index contributed by atoms with van der Waals surface area (Å²) in [6.45, 7) is 5.49. The molecule has 0 radical (unpaired) electrons. The molecule has 2 aromatic rings. The van der Waals surface area contributed by atoms with E-state index in [0.29, 0.717) is 17.9 Å². The minimum absolute atomic E-state index is 0.0290. The van der Waals surface area contributed by atoms with Crippen molar-refractivity contribution in [3.05, 3.63) is 65.7 Å². The van der Waals surface area contributed by atoms with E-state index in [1.807, 2.05) is 50.2 Å². The van der Waals surface area contributed by atoms with Gasteiger partial charge in [-0.1, -0.05) is 30.3 Å². The molecule has 0 aliphatic rings. The lowest BCUT2D eigenvalue weighted by atomic mass is 10.2. The number of nitrogens with zero attached hydrogens (tertiary/aromatic N) is 2. The van der Waals surface area contributed by atoms with Gasteiger partial charge in [0, 0.05) is 12.6 Å². The van der Waals surface area contributed by atoms with Gasteiger partial charge in [-0.3, -0.25) is 4.79 Å². The summed E-state index contributed by atoms with van der Waals surface area (Å²) in [6.07, 6.45) is -0.873. The van der Waals surface area contributed by atoms with E-state index in [2.05, 4.69) is 0 Å². The van der Waals surface area contributed by atoms with E-state index in [0.717, 1.165) is 5.56 Å². The van der Waals surface area contributed by atoms with E-state index in [1.54, 1.807) is 36.1 Å². The quantitative estimate of drug-likeness (QED) is 0.657. The zero-order chi connectivity index (χ0) is 20.5. The van der Waals surface area contributed by atoms with Crippen LogP contribution in [-0.4, -0.2) is 35.5 Å². The van der Waals surface area contributed by atoms with Crippen molar-refractivity contribution in [2.24, 2.45) is 0 Å². The van der Waals surface area contributed by atoms with Gasteiger partial charge in [-0.25, -0.2) is 4.79 Å². The molecule has 0 bridgehead atoms. The van der Waals surface area contributed by atoms with Crippen LogP contribution in [-0.2, 0) is 20.9 Å². The van der Waals surface area contributed by atoms with Gasteiger partial charge in [-0.15, -0.1) is 0 Å². The maximum Gasteiger partial charge on any atom is 0.347 e. The maximum absolute atomic E-state index is 12.5. The fourth-order valence-electron chi connectivity index (χ4n) is 2.53. The first-order chi connectivity index (χ1) is 13.4. The third-order valence-corrected chi connectivity index (χ3v) is 4.11. The molecule has 0 heterocycles. The number of benzene rings is 2. The lowest BCUT2D eigenvalue weighted by Crippen LogP contribution is -2.40. The molecule has 0 aliphatic heterocycles. The fraction of sp³-hybridized carbons (Fsp3) is 0.318. The van der Waals surface area contributed by atoms with Crippen molar-refractivity contribution in [2.75, 3.05) is 6.61 Å². The third kappa shape index (κ3) is 6.13. The van der Waals surface area contributed by atoms with Gasteiger partial charge in [0.2, 0.25) is 0 Å². The summed E-state index contributed by atoms with van der Waals surface area (Å²) in [4.78, 5) is 26.3. The molecule has 0 N–H and O–H groups in total. The van der Waals surface area contributed by atoms with Crippen LogP contribution in [0.2, 0.25) is 0 Å². The van der Waals surface area contributed by atoms with E-state index in [4.69, 9.17) is 14.7 Å². The number of rotatable bonds is 8. The van der Waals surface area contributed by atoms with Crippen LogP contribution in [0.1, 0.15) is 31.9 Å². The first-order valence-electron chi connectivity index (χ1n) is 9.07. The van der Waals surface area contributed by atoms with E-state index < -0.39 is 12.1 Å². The zero-order valence-electron chi connectivity index (χ0n) is 16.3. The number of ether oxygens (including phenoxy) is 2. The minimum atomic E-state index is -0.873. The molecule has 0 saturated heterocycles. The first kappa shape index (κ1) is 21.0. The Morgan fingerprint density at radius 3 is 2.25 bits per heavy atom. The normalized spacial score (nSPS) is 11.4. The molecule has 2 rings (SSSR count). The first-order valence-corrected chi connectivity index (χ1v) is 9.07. The second-order valence-corrected chi connectivity index (χ2v) is 6.60. The minimum Gasteiger partial charge on any atom is -0.479 e. The predicted octanol–water partition coefficient (Wildman–Crippen LogP) is 3.31. The Morgan fingerprint density at radius 2 is 1.68 bits per heavy atom. The maximum atomic E-state index is 12.5. The average Bonchev–Trinajstić information content (AvgIpc) is 2.71. The van der Waals surface area contributed by atoms with Gasteiger partial charge in [-0.05, 0) is 50.6 Å². The molecule has 2 aromatic carbocycles. The number of carbonyl (C=O) groups is 2. The summed E-state index contributed by atoms with van der Waals surface area (Å²) in [6, 6.07) is 18.0. The van der Waals surface area contributed by atoms with Crippen molar-refractivity contribution in [1.29, 1.82) is 5.26 Å². The molecule has 0 saturated carbocycles. The SMILES string of the molecule is CC(C)N(Cc1ccccc1)C(=O)COC(=O)[C@@H](C)Oc1ccc(C#N)cc1. The van der Waals surface area contributed by atoms with Crippen LogP contribution >= 0.6 is 0 Å². The summed E-state index contributed by atoms with van der Waals surface area (Å²) in [5.41, 5.74) is 1.51. The molecular weight excluding hydrogens is 356 g/mol. The Labute approximate surface area is 165 Å². The Morgan fingerprint density at radius 1 is 1.04 bits per heavy atom. The van der Waals surface area contributed by atoms with Crippen LogP contribution in [0.25, 0.3) is 0 Å². The van der Waals surface area contributed by atoms with Crippen LogP contribution in [0, 0.1) is 11.3 Å². The second-order valence-electron chi connectivity index (χ2n) is 6.60. The summed E-state index contributed by atoms with van der Waals surface area (Å²) in [5.74, 6) is -0.443. The van der Waals surface area contributed by atoms with E-state index in [-0.39, 0.29) is 18.6 Å². The van der Waals surface area contributed by atoms with Gasteiger partial charge in [-0.2, -0.15) is 5.26 Å². The summed E-state index contributed by atoms with van der Waals surface area (Å²) < 4.78 is 10.6. The van der Waals surface area contributed by atoms with Crippen molar-refractivity contribution >= 4 is 11.9 Å². The average molecular weight is 380 g/mol. The number of hydrogen-bond donors (Lipinski definition) is 0. The molecule has 6 nitrogen and oxygen atoms in total. The van der Waals surface area contributed by atoms with Crippen molar-refractivity contribution < 1.29 is 19.1 Å². The van der Waals surface area contributed by atoms with Crippen LogP contribution in [0.4, 0.5) is 0 Å². The largest absolute Gasteiger partial charge is 0.479 e. The number of nitriles is 1. The van der Waals surface area contributed by atoms with Gasteiger partial charge < -0.3 is 14.4 Å². The molecule has 0 aliphatic carbocycles. The summed E-state index contributed by atoms with van der Waals surface area (Å²) in [7, 11) is 0. The topological polar surface area (TPSA) is 79.6 Å². The highest BCUT2D eigenvalue weighted by Gasteiger charge is 2.22. The summed E-state index contributed by atoms with van der Waals surface area (Å²) in [5, 5.41) is 8.80. The Kier molecular flexibility index (Phi) is 7.58. The van der Waals surface area contributed by atoms with Crippen molar-refractivity contribution in [3.63, 3.8) is 0 Å². The van der Waals surface area contributed by atoms with E-state index in [1.165, 1.54) is 0 Å². The van der Waals surface area contributed by atoms with Crippen LogP contribution < -0.4 is 4.74 Å². The molecule has 6 heteroatoms. The molecule has 28 heavy (non-hydrogen) atoms. The zero-order valence-corrected chi connectivity index (χ0v) is 16.3. The highest BCUT2D eigenvalue weighted by molar-refractivity contribution is 5.82. The molecular formula is C22H24N2O4. The fourth-order valence-corrected chi connectivity index (χ4v) is 2.53. The molecule has 1 atom stereocenters. The summed E-state index contributed by atoms with van der Waals surface area (Å²) >= 11 is 0. The molecule has 1 amide bonds. The van der Waals surface area contributed by atoms with Gasteiger partial charge in [0.05, 0.1) is 11.6 Å². The smallest absolute Gasteiger partial charge is 0.347 e. The number of esters is 1. The van der Waals surface area contributed by atoms with Gasteiger partial charge in [0.25, 0.3) is 5.91 Å². The van der Waals surface area contributed by atoms with Crippen molar-refractivity contribution in [3.8, 4) is 11.8 Å².